The SMILES string of the molecule is [CH-]=Cc1cc([N+](=O)[O-])c(COCCCC[Si](OC)(OC)OC)cc1OC.[Rf]. The summed E-state index contributed by atoms with van der Waals surface area (Å²) in [5.41, 5.74) is 0.849. The van der Waals surface area contributed by atoms with Gasteiger partial charge in [0.2, 0.25) is 0 Å². The van der Waals surface area contributed by atoms with Crippen molar-refractivity contribution in [1.82, 2.24) is 0 Å². The van der Waals surface area contributed by atoms with Gasteiger partial charge in [-0.2, -0.15) is 0 Å². The van der Waals surface area contributed by atoms with Gasteiger partial charge in [0.15, 0.2) is 0 Å². The molecule has 0 atom stereocenters. The topological polar surface area (TPSA) is 89.3 Å². The summed E-state index contributed by atoms with van der Waals surface area (Å²) in [6, 6.07) is 3.64. The third-order valence-corrected chi connectivity index (χ3v) is 6.85. The van der Waals surface area contributed by atoms with E-state index >= 15 is 0 Å². The van der Waals surface area contributed by atoms with Gasteiger partial charge in [0.25, 0.3) is 5.69 Å². The Hall–Kier alpha value is -2.78. The first-order valence-electron chi connectivity index (χ1n) is 8.10. The van der Waals surface area contributed by atoms with Gasteiger partial charge < -0.3 is 22.8 Å². The minimum atomic E-state index is -2.57. The van der Waals surface area contributed by atoms with E-state index in [1.165, 1.54) is 19.3 Å². The number of methoxy groups -OCH3 is 1. The van der Waals surface area contributed by atoms with Crippen LogP contribution in [0.1, 0.15) is 24.0 Å². The van der Waals surface area contributed by atoms with Gasteiger partial charge in [0.1, 0.15) is 0 Å². The second-order valence-electron chi connectivity index (χ2n) is 5.45. The van der Waals surface area contributed by atoms with E-state index in [2.05, 4.69) is 0 Å². The number of ether oxygens (including phenoxy) is 2. The van der Waals surface area contributed by atoms with Crippen LogP contribution in [0.2, 0.25) is 6.04 Å². The van der Waals surface area contributed by atoms with E-state index in [1.807, 2.05) is 0 Å². The van der Waals surface area contributed by atoms with Crippen molar-refractivity contribution in [2.75, 3.05) is 35.0 Å². The Bertz CT molecular complexity index is 603. The van der Waals surface area contributed by atoms with Gasteiger partial charge in [0.05, 0.1) is 24.2 Å². The number of hydrogen-bond acceptors (Lipinski definition) is 7. The fraction of sp³-hybridized carbons (Fsp3) is 0.529. The van der Waals surface area contributed by atoms with Crippen molar-refractivity contribution in [1.29, 1.82) is 0 Å². The molecule has 0 aliphatic carbocycles. The second-order valence-corrected chi connectivity index (χ2v) is 8.54. The fourth-order valence-corrected chi connectivity index (χ4v) is 4.30. The number of nitro groups is 1. The third kappa shape index (κ3) is 6.46. The molecule has 0 heterocycles. The van der Waals surface area contributed by atoms with E-state index in [-0.39, 0.29) is 12.3 Å². The smallest absolute Gasteiger partial charge is 0.500 e. The normalized spacial score (nSPS) is 11.0. The zero-order valence-electron chi connectivity index (χ0n) is 16.4. The Morgan fingerprint density at radius 2 is 1.78 bits per heavy atom. The van der Waals surface area contributed by atoms with E-state index in [4.69, 9.17) is 29.3 Å². The summed E-state index contributed by atoms with van der Waals surface area (Å²) in [7, 11) is 3.64. The number of unbranched alkanes of at least 4 members (excludes halogenated alkanes) is 1. The Balaban J connectivity index is 0.00000676. The maximum Gasteiger partial charge on any atom is 0.500 e. The number of nitro benzene ring substituents is 1. The van der Waals surface area contributed by atoms with E-state index < -0.39 is 13.7 Å². The van der Waals surface area contributed by atoms with E-state index in [1.54, 1.807) is 27.4 Å². The number of nitrogens with zero attached hydrogens (tertiary/aromatic N) is 1. The Kier molecular flexibility index (Phi) is 10.5. The van der Waals surface area contributed by atoms with Crippen LogP contribution in [0.4, 0.5) is 5.69 Å². The molecule has 1 aromatic rings. The molecule has 0 N–H and O–H groups in total. The summed E-state index contributed by atoms with van der Waals surface area (Å²) in [4.78, 5) is 10.8. The Morgan fingerprint density at radius 3 is 2.26 bits per heavy atom. The van der Waals surface area contributed by atoms with Crippen LogP contribution in [0.15, 0.2) is 12.1 Å². The summed E-state index contributed by atoms with van der Waals surface area (Å²) in [6.45, 7) is 6.04. The predicted octanol–water partition coefficient (Wildman–Crippen LogP) is 3.22. The molecule has 0 amide bonds. The van der Waals surface area contributed by atoms with Gasteiger partial charge >= 0.3 is 8.80 Å². The summed E-state index contributed by atoms with van der Waals surface area (Å²) < 4.78 is 26.9. The van der Waals surface area contributed by atoms with Gasteiger partial charge in [-0.25, -0.2) is 6.08 Å². The molecule has 0 saturated heterocycles. The quantitative estimate of drug-likeness (QED) is 0.107. The van der Waals surface area contributed by atoms with Crippen molar-refractivity contribution in [3.05, 3.63) is 40.0 Å². The van der Waals surface area contributed by atoms with Gasteiger partial charge in [-0.3, -0.25) is 16.7 Å². The van der Waals surface area contributed by atoms with Crippen LogP contribution < -0.4 is 4.74 Å². The monoisotopic (exact) mass is 651 g/mol. The van der Waals surface area contributed by atoms with Crippen LogP contribution >= 0.6 is 0 Å². The molecular weight excluding hydrogens is 625 g/mol. The average molecular weight is 651 g/mol. The molecule has 27 heavy (non-hydrogen) atoms. The summed E-state index contributed by atoms with van der Waals surface area (Å²) in [5, 5.41) is 11.3. The van der Waals surface area contributed by atoms with Crippen molar-refractivity contribution in [3.63, 3.8) is 0 Å². The number of hydrogen-bond donors (Lipinski definition) is 0. The number of benzene rings is 1. The van der Waals surface area contributed by atoms with Crippen LogP contribution in [-0.4, -0.2) is 48.8 Å². The molecule has 0 aliphatic rings. The minimum absolute atomic E-state index is 0. The van der Waals surface area contributed by atoms with E-state index in [0.717, 1.165) is 12.8 Å². The molecule has 1 aromatic carbocycles. The molecule has 10 heteroatoms. The van der Waals surface area contributed by atoms with Gasteiger partial charge in [-0.1, -0.05) is 6.07 Å². The van der Waals surface area contributed by atoms with Gasteiger partial charge in [0, 0.05) is 39.7 Å². The Morgan fingerprint density at radius 1 is 1.15 bits per heavy atom. The summed E-state index contributed by atoms with van der Waals surface area (Å²) in [6.07, 6.45) is 2.83. The largest absolute Gasteiger partial charge is 0.515 e. The zero-order valence-corrected chi connectivity index (χ0v) is 23.8. The van der Waals surface area contributed by atoms with E-state index in [9.17, 15) is 10.1 Å². The van der Waals surface area contributed by atoms with Crippen molar-refractivity contribution >= 4 is 20.6 Å². The molecule has 0 saturated carbocycles. The molecule has 0 fully saturated rings. The van der Waals surface area contributed by atoms with E-state index in [0.29, 0.717) is 29.5 Å². The average Bonchev–Trinajstić information content (AvgIpc) is 2.67. The van der Waals surface area contributed by atoms with Crippen molar-refractivity contribution in [3.8, 4) is 5.75 Å². The predicted molar refractivity (Wildman–Crippen MR) is 98.9 cm³/mol. The maximum atomic E-state index is 11.3. The van der Waals surface area contributed by atoms with Crippen molar-refractivity contribution < 1.29 is 27.7 Å². The molecule has 1 rings (SSSR count). The second kappa shape index (κ2) is 11.8. The molecule has 0 unspecified atom stereocenters. The van der Waals surface area contributed by atoms with Crippen LogP contribution in [0.3, 0.4) is 0 Å². The van der Waals surface area contributed by atoms with Crippen molar-refractivity contribution in [2.45, 2.75) is 25.5 Å². The molecular formula is C17H26NO7RfSi-. The maximum absolute atomic E-state index is 11.3. The molecule has 0 spiro atoms. The standard InChI is InChI=1S/C17H26NO7Si.Rf/c1-6-14-11-16(18(19)20)15(12-17(14)21-2)13-25-9-7-8-10-26(22-3,23-4)24-5;/h1,6,11-12H,7-10,13H2,2-5H3;/q-1;. The third-order valence-electron chi connectivity index (χ3n) is 4.02. The summed E-state index contributed by atoms with van der Waals surface area (Å²) in [5.74, 6) is 0.466. The zero-order chi connectivity index (χ0) is 19.6. The van der Waals surface area contributed by atoms with Gasteiger partial charge in [-0.05, 0) is 18.9 Å². The number of rotatable bonds is 13. The molecule has 0 radical (unpaired) electrons. The van der Waals surface area contributed by atoms with Crippen molar-refractivity contribution in [2.24, 2.45) is 0 Å². The first kappa shape index (κ1) is 24.2. The molecule has 0 aromatic heterocycles. The molecule has 0 bridgehead atoms. The first-order valence-corrected chi connectivity index (χ1v) is 10.0. The van der Waals surface area contributed by atoms with Crippen LogP contribution in [0, 0.1) is 16.7 Å². The minimum Gasteiger partial charge on any atom is -0.515 e. The molecule has 0 aliphatic heterocycles. The first-order chi connectivity index (χ1) is 12.5. The van der Waals surface area contributed by atoms with Crippen LogP contribution in [-0.2, 0) is 24.6 Å². The molecule has 148 valence electrons. The van der Waals surface area contributed by atoms with Gasteiger partial charge in [-0.15, -0.1) is 5.56 Å². The van der Waals surface area contributed by atoms with Crippen LogP contribution in [0.5, 0.6) is 5.75 Å². The summed E-state index contributed by atoms with van der Waals surface area (Å²) >= 11 is 0. The fourth-order valence-electron chi connectivity index (χ4n) is 2.50. The molecule has 8 nitrogen and oxygen atoms in total. The van der Waals surface area contributed by atoms with Crippen LogP contribution in [0.25, 0.3) is 6.08 Å². The Labute approximate surface area is 155 Å².